The number of carbonyl (C=O) groups is 3. The smallest absolute Gasteiger partial charge is 0.328 e. The molecule has 7 nitrogen and oxygen atoms in total. The van der Waals surface area contributed by atoms with Crippen molar-refractivity contribution in [1.29, 1.82) is 0 Å². The largest absolute Gasteiger partial charge is 0.480 e. The highest BCUT2D eigenvalue weighted by molar-refractivity contribution is 5.86. The zero-order valence-corrected chi connectivity index (χ0v) is 12.0. The SMILES string of the molecule is COC(=O)C(CC(C)C)NC(=O)N(C)C(C)C(=O)O. The minimum atomic E-state index is -1.11. The number of carboxylic acids is 1. The van der Waals surface area contributed by atoms with Gasteiger partial charge in [0.05, 0.1) is 7.11 Å². The molecule has 0 radical (unpaired) electrons. The van der Waals surface area contributed by atoms with Gasteiger partial charge in [0, 0.05) is 7.05 Å². The Morgan fingerprint density at radius 2 is 1.79 bits per heavy atom. The summed E-state index contributed by atoms with van der Waals surface area (Å²) in [7, 11) is 2.60. The quantitative estimate of drug-likeness (QED) is 0.695. The first-order valence-corrected chi connectivity index (χ1v) is 6.04. The van der Waals surface area contributed by atoms with Crippen LogP contribution in [0.4, 0.5) is 4.79 Å². The Hall–Kier alpha value is -1.79. The van der Waals surface area contributed by atoms with Crippen LogP contribution in [0, 0.1) is 5.92 Å². The van der Waals surface area contributed by atoms with Gasteiger partial charge >= 0.3 is 18.0 Å². The highest BCUT2D eigenvalue weighted by Crippen LogP contribution is 2.07. The minimum absolute atomic E-state index is 0.187. The van der Waals surface area contributed by atoms with Gasteiger partial charge < -0.3 is 20.1 Å². The van der Waals surface area contributed by atoms with Crippen LogP contribution in [-0.4, -0.2) is 54.2 Å². The van der Waals surface area contributed by atoms with Crippen molar-refractivity contribution in [1.82, 2.24) is 10.2 Å². The maximum Gasteiger partial charge on any atom is 0.328 e. The van der Waals surface area contributed by atoms with E-state index in [2.05, 4.69) is 10.1 Å². The fourth-order valence-electron chi connectivity index (χ4n) is 1.42. The first-order valence-electron chi connectivity index (χ1n) is 6.04. The molecule has 0 aliphatic heterocycles. The van der Waals surface area contributed by atoms with Crippen molar-refractivity contribution in [3.05, 3.63) is 0 Å². The Kier molecular flexibility index (Phi) is 6.89. The van der Waals surface area contributed by atoms with E-state index in [-0.39, 0.29) is 5.92 Å². The molecular weight excluding hydrogens is 252 g/mol. The highest BCUT2D eigenvalue weighted by Gasteiger charge is 2.27. The molecule has 2 amide bonds. The standard InChI is InChI=1S/C12H22N2O5/c1-7(2)6-9(11(17)19-5)13-12(18)14(4)8(3)10(15)16/h7-9H,6H2,1-5H3,(H,13,18)(H,15,16). The number of esters is 1. The molecule has 19 heavy (non-hydrogen) atoms. The lowest BCUT2D eigenvalue weighted by Gasteiger charge is -2.25. The second-order valence-corrected chi connectivity index (χ2v) is 4.78. The molecule has 0 aliphatic rings. The van der Waals surface area contributed by atoms with Crippen molar-refractivity contribution in [2.45, 2.75) is 39.3 Å². The molecule has 0 bridgehead atoms. The Morgan fingerprint density at radius 3 is 2.16 bits per heavy atom. The Labute approximate surface area is 112 Å². The topological polar surface area (TPSA) is 95.9 Å². The van der Waals surface area contributed by atoms with Crippen LogP contribution in [0.3, 0.4) is 0 Å². The molecule has 0 aliphatic carbocycles. The molecule has 0 aromatic carbocycles. The number of carboxylic acid groups (broad SMARTS) is 1. The number of aliphatic carboxylic acids is 1. The van der Waals surface area contributed by atoms with Crippen LogP contribution in [0.2, 0.25) is 0 Å². The summed E-state index contributed by atoms with van der Waals surface area (Å²) in [6.07, 6.45) is 0.424. The highest BCUT2D eigenvalue weighted by atomic mass is 16.5. The van der Waals surface area contributed by atoms with E-state index in [0.29, 0.717) is 6.42 Å². The number of nitrogens with one attached hydrogen (secondary N) is 1. The molecule has 0 spiro atoms. The predicted molar refractivity (Wildman–Crippen MR) is 68.7 cm³/mol. The number of carbonyl (C=O) groups excluding carboxylic acids is 2. The lowest BCUT2D eigenvalue weighted by molar-refractivity contribution is -0.143. The lowest BCUT2D eigenvalue weighted by atomic mass is 10.0. The van der Waals surface area contributed by atoms with Gasteiger partial charge in [0.15, 0.2) is 0 Å². The van der Waals surface area contributed by atoms with Gasteiger partial charge in [-0.2, -0.15) is 0 Å². The van der Waals surface area contributed by atoms with E-state index >= 15 is 0 Å². The third kappa shape index (κ3) is 5.58. The lowest BCUT2D eigenvalue weighted by Crippen LogP contribution is -2.51. The molecule has 0 aromatic heterocycles. The van der Waals surface area contributed by atoms with Gasteiger partial charge in [-0.3, -0.25) is 0 Å². The molecule has 2 N–H and O–H groups in total. The van der Waals surface area contributed by atoms with Crippen LogP contribution >= 0.6 is 0 Å². The Morgan fingerprint density at radius 1 is 1.26 bits per heavy atom. The summed E-state index contributed by atoms with van der Waals surface area (Å²) < 4.78 is 4.61. The summed E-state index contributed by atoms with van der Waals surface area (Å²) in [5.74, 6) is -1.47. The Balaban J connectivity index is 4.70. The summed E-state index contributed by atoms with van der Waals surface area (Å²) in [5.41, 5.74) is 0. The summed E-state index contributed by atoms with van der Waals surface area (Å²) in [5, 5.41) is 11.3. The van der Waals surface area contributed by atoms with Gasteiger partial charge in [0.2, 0.25) is 0 Å². The van der Waals surface area contributed by atoms with E-state index < -0.39 is 30.1 Å². The van der Waals surface area contributed by atoms with Crippen molar-refractivity contribution < 1.29 is 24.2 Å². The van der Waals surface area contributed by atoms with Crippen LogP contribution in [0.5, 0.6) is 0 Å². The van der Waals surface area contributed by atoms with Gasteiger partial charge in [0.1, 0.15) is 12.1 Å². The summed E-state index contributed by atoms with van der Waals surface area (Å²) in [6, 6.07) is -2.37. The summed E-state index contributed by atoms with van der Waals surface area (Å²) in [4.78, 5) is 35.2. The van der Waals surface area contributed by atoms with Crippen LogP contribution < -0.4 is 5.32 Å². The number of rotatable bonds is 6. The van der Waals surface area contributed by atoms with Crippen LogP contribution in [0.1, 0.15) is 27.2 Å². The summed E-state index contributed by atoms with van der Waals surface area (Å²) in [6.45, 7) is 5.20. The van der Waals surface area contributed by atoms with Gasteiger partial charge in [-0.1, -0.05) is 13.8 Å². The molecule has 110 valence electrons. The van der Waals surface area contributed by atoms with E-state index in [1.54, 1.807) is 0 Å². The molecule has 0 rings (SSSR count). The van der Waals surface area contributed by atoms with E-state index in [0.717, 1.165) is 4.90 Å². The maximum absolute atomic E-state index is 11.8. The average molecular weight is 274 g/mol. The predicted octanol–water partition coefficient (Wildman–Crippen LogP) is 0.689. The number of nitrogens with zero attached hydrogens (tertiary/aromatic N) is 1. The van der Waals surface area contributed by atoms with Crippen molar-refractivity contribution in [3.8, 4) is 0 Å². The zero-order chi connectivity index (χ0) is 15.2. The first-order chi connectivity index (χ1) is 8.70. The van der Waals surface area contributed by atoms with Crippen molar-refractivity contribution in [3.63, 3.8) is 0 Å². The molecule has 0 heterocycles. The number of hydrogen-bond acceptors (Lipinski definition) is 4. The van der Waals surface area contributed by atoms with Crippen LogP contribution in [0.15, 0.2) is 0 Å². The molecular formula is C12H22N2O5. The molecule has 2 unspecified atom stereocenters. The van der Waals surface area contributed by atoms with Crippen molar-refractivity contribution >= 4 is 18.0 Å². The number of hydrogen-bond donors (Lipinski definition) is 2. The maximum atomic E-state index is 11.8. The van der Waals surface area contributed by atoms with E-state index in [1.165, 1.54) is 21.1 Å². The third-order valence-corrected chi connectivity index (χ3v) is 2.75. The molecule has 0 saturated carbocycles. The van der Waals surface area contributed by atoms with E-state index in [1.807, 2.05) is 13.8 Å². The van der Waals surface area contributed by atoms with Crippen molar-refractivity contribution in [2.24, 2.45) is 5.92 Å². The van der Waals surface area contributed by atoms with Gasteiger partial charge in [-0.05, 0) is 19.3 Å². The molecule has 7 heteroatoms. The number of likely N-dealkylation sites (N-methyl/N-ethyl adjacent to an activating group) is 1. The van der Waals surface area contributed by atoms with Crippen LogP contribution in [0.25, 0.3) is 0 Å². The number of urea groups is 1. The Bertz CT molecular complexity index is 343. The van der Waals surface area contributed by atoms with Crippen LogP contribution in [-0.2, 0) is 14.3 Å². The van der Waals surface area contributed by atoms with Gasteiger partial charge in [-0.25, -0.2) is 14.4 Å². The molecule has 2 atom stereocenters. The van der Waals surface area contributed by atoms with Gasteiger partial charge in [0.25, 0.3) is 0 Å². The monoisotopic (exact) mass is 274 g/mol. The average Bonchev–Trinajstić information content (AvgIpc) is 2.34. The van der Waals surface area contributed by atoms with E-state index in [9.17, 15) is 14.4 Å². The first kappa shape index (κ1) is 17.2. The van der Waals surface area contributed by atoms with Gasteiger partial charge in [-0.15, -0.1) is 0 Å². The minimum Gasteiger partial charge on any atom is -0.480 e. The van der Waals surface area contributed by atoms with E-state index in [4.69, 9.17) is 5.11 Å². The molecule has 0 fully saturated rings. The second-order valence-electron chi connectivity index (χ2n) is 4.78. The molecule has 0 saturated heterocycles. The van der Waals surface area contributed by atoms with Crippen molar-refractivity contribution in [2.75, 3.05) is 14.2 Å². The molecule has 0 aromatic rings. The fourth-order valence-corrected chi connectivity index (χ4v) is 1.42. The normalized spacial score (nSPS) is 13.6. The number of methoxy groups -OCH3 is 1. The fraction of sp³-hybridized carbons (Fsp3) is 0.750. The summed E-state index contributed by atoms with van der Waals surface area (Å²) >= 11 is 0. The number of amides is 2. The number of ether oxygens (including phenoxy) is 1. The third-order valence-electron chi connectivity index (χ3n) is 2.75. The second kappa shape index (κ2) is 7.60. The zero-order valence-electron chi connectivity index (χ0n) is 12.0.